The van der Waals surface area contributed by atoms with Crippen LogP contribution in [0.15, 0.2) is 24.5 Å². The minimum atomic E-state index is -4.87. The van der Waals surface area contributed by atoms with Crippen molar-refractivity contribution in [3.05, 3.63) is 51.9 Å². The fourth-order valence-corrected chi connectivity index (χ4v) is 4.87. The maximum absolute atomic E-state index is 13.3. The van der Waals surface area contributed by atoms with Gasteiger partial charge < -0.3 is 20.5 Å². The van der Waals surface area contributed by atoms with Crippen molar-refractivity contribution < 1.29 is 32.6 Å². The summed E-state index contributed by atoms with van der Waals surface area (Å²) in [6, 6.07) is 2.79. The first-order chi connectivity index (χ1) is 17.6. The van der Waals surface area contributed by atoms with Gasteiger partial charge in [-0.05, 0) is 56.1 Å². The Morgan fingerprint density at radius 3 is 2.78 bits per heavy atom. The third kappa shape index (κ3) is 6.89. The Labute approximate surface area is 217 Å². The normalized spacial score (nSPS) is 19.8. The molecule has 1 aliphatic carbocycles. The van der Waals surface area contributed by atoms with Gasteiger partial charge in [0, 0.05) is 37.7 Å². The molecule has 0 bridgehead atoms. The number of nitrogens with one attached hydrogen (secondary N) is 2. The fourth-order valence-electron chi connectivity index (χ4n) is 4.63. The van der Waals surface area contributed by atoms with Crippen LogP contribution >= 0.6 is 11.6 Å². The highest BCUT2D eigenvalue weighted by atomic mass is 35.5. The van der Waals surface area contributed by atoms with Crippen LogP contribution in [-0.4, -0.2) is 52.2 Å². The lowest BCUT2D eigenvalue weighted by atomic mass is 9.79. The molecule has 1 saturated carbocycles. The highest BCUT2D eigenvalue weighted by Crippen LogP contribution is 2.35. The molecular formula is C25H28ClF3N4O4. The van der Waals surface area contributed by atoms with E-state index in [1.54, 1.807) is 0 Å². The molecule has 3 heterocycles. The van der Waals surface area contributed by atoms with E-state index in [0.717, 1.165) is 62.8 Å². The van der Waals surface area contributed by atoms with Gasteiger partial charge in [-0.15, -0.1) is 0 Å². The van der Waals surface area contributed by atoms with Crippen molar-refractivity contribution in [1.82, 2.24) is 15.3 Å². The summed E-state index contributed by atoms with van der Waals surface area (Å²) in [6.07, 6.45) is 2.10. The van der Waals surface area contributed by atoms with Gasteiger partial charge in [0.2, 0.25) is 0 Å². The van der Waals surface area contributed by atoms with E-state index in [2.05, 4.69) is 27.8 Å². The number of ether oxygens (including phenoxy) is 1. The molecule has 0 radical (unpaired) electrons. The van der Waals surface area contributed by atoms with Crippen LogP contribution in [0.25, 0.3) is 0 Å². The van der Waals surface area contributed by atoms with Crippen LogP contribution in [0.3, 0.4) is 0 Å². The molecule has 0 saturated heterocycles. The zero-order chi connectivity index (χ0) is 26.6. The minimum Gasteiger partial charge on any atom is -0.480 e. The van der Waals surface area contributed by atoms with Crippen LogP contribution in [0.1, 0.15) is 59.3 Å². The summed E-state index contributed by atoms with van der Waals surface area (Å²) < 4.78 is 45.5. The van der Waals surface area contributed by atoms with Crippen molar-refractivity contribution in [2.24, 2.45) is 5.92 Å². The zero-order valence-electron chi connectivity index (χ0n) is 20.0. The standard InChI is InChI=1S/C25H28ClF3N4O4/c26-19-13-30-12-18(25(27,28)29)21(19)23(34)33-20(24(35)36)7-9-37-17-10-14(11-17)3-5-16-6-4-15-2-1-8-31-22(15)32-16/h4,6,12-14,17,20H,1-3,5,7-11H2,(H,31,32)(H,33,34)(H,35,36). The van der Waals surface area contributed by atoms with E-state index < -0.39 is 40.2 Å². The molecule has 8 nitrogen and oxygen atoms in total. The summed E-state index contributed by atoms with van der Waals surface area (Å²) in [5, 5.41) is 14.4. The third-order valence-electron chi connectivity index (χ3n) is 6.75. The number of nitrogens with zero attached hydrogens (tertiary/aromatic N) is 2. The average Bonchev–Trinajstić information content (AvgIpc) is 2.83. The maximum atomic E-state index is 13.3. The number of carboxylic acids is 1. The second-order valence-corrected chi connectivity index (χ2v) is 9.81. The summed E-state index contributed by atoms with van der Waals surface area (Å²) in [6.45, 7) is 0.993. The molecular weight excluding hydrogens is 513 g/mol. The van der Waals surface area contributed by atoms with E-state index in [-0.39, 0.29) is 19.1 Å². The second kappa shape index (κ2) is 11.6. The molecule has 12 heteroatoms. The van der Waals surface area contributed by atoms with Crippen molar-refractivity contribution in [3.63, 3.8) is 0 Å². The van der Waals surface area contributed by atoms with Crippen molar-refractivity contribution >= 4 is 29.3 Å². The second-order valence-electron chi connectivity index (χ2n) is 9.40. The highest BCUT2D eigenvalue weighted by Gasteiger charge is 2.38. The van der Waals surface area contributed by atoms with Gasteiger partial charge in [0.1, 0.15) is 11.9 Å². The number of anilines is 1. The molecule has 0 spiro atoms. The van der Waals surface area contributed by atoms with Gasteiger partial charge >= 0.3 is 12.1 Å². The van der Waals surface area contributed by atoms with Crippen molar-refractivity contribution in [3.8, 4) is 0 Å². The molecule has 1 amide bonds. The van der Waals surface area contributed by atoms with Crippen LogP contribution in [0.4, 0.5) is 19.0 Å². The minimum absolute atomic E-state index is 0.0141. The largest absolute Gasteiger partial charge is 0.480 e. The Balaban J connectivity index is 1.21. The van der Waals surface area contributed by atoms with Crippen LogP contribution in [-0.2, 0) is 28.5 Å². The molecule has 1 atom stereocenters. The van der Waals surface area contributed by atoms with Gasteiger partial charge in [-0.2, -0.15) is 13.2 Å². The highest BCUT2D eigenvalue weighted by molar-refractivity contribution is 6.34. The van der Waals surface area contributed by atoms with E-state index in [1.807, 2.05) is 0 Å². The van der Waals surface area contributed by atoms with Crippen molar-refractivity contribution in [1.29, 1.82) is 0 Å². The maximum Gasteiger partial charge on any atom is 0.418 e. The molecule has 4 rings (SSSR count). The van der Waals surface area contributed by atoms with Crippen LogP contribution in [0.2, 0.25) is 5.02 Å². The molecule has 3 N–H and O–H groups in total. The number of alkyl halides is 3. The topological polar surface area (TPSA) is 113 Å². The SMILES string of the molecule is O=C(NC(CCOC1CC(CCc2ccc3c(n2)NCCC3)C1)C(=O)O)c1c(Cl)cncc1C(F)(F)F. The first-order valence-electron chi connectivity index (χ1n) is 12.2. The molecule has 0 aromatic carbocycles. The van der Waals surface area contributed by atoms with Crippen LogP contribution in [0.5, 0.6) is 0 Å². The number of carbonyl (C=O) groups excluding carboxylic acids is 1. The van der Waals surface area contributed by atoms with E-state index in [0.29, 0.717) is 12.1 Å². The zero-order valence-corrected chi connectivity index (χ0v) is 20.7. The van der Waals surface area contributed by atoms with Crippen molar-refractivity contribution in [2.75, 3.05) is 18.5 Å². The lowest BCUT2D eigenvalue weighted by molar-refractivity contribution is -0.140. The third-order valence-corrected chi connectivity index (χ3v) is 7.04. The summed E-state index contributed by atoms with van der Waals surface area (Å²) in [5.41, 5.74) is 0.121. The predicted octanol–water partition coefficient (Wildman–Crippen LogP) is 4.51. The Morgan fingerprint density at radius 1 is 1.27 bits per heavy atom. The number of hydrogen-bond acceptors (Lipinski definition) is 6. The molecule has 1 aliphatic heterocycles. The summed E-state index contributed by atoms with van der Waals surface area (Å²) in [7, 11) is 0. The molecule has 1 unspecified atom stereocenters. The molecule has 1 fully saturated rings. The number of pyridine rings is 2. The van der Waals surface area contributed by atoms with Crippen LogP contribution in [0, 0.1) is 5.92 Å². The molecule has 200 valence electrons. The first kappa shape index (κ1) is 27.1. The Bertz CT molecular complexity index is 1140. The van der Waals surface area contributed by atoms with Gasteiger partial charge in [0.15, 0.2) is 0 Å². The van der Waals surface area contributed by atoms with Crippen molar-refractivity contribution in [2.45, 2.75) is 63.3 Å². The molecule has 2 aliphatic rings. The lowest BCUT2D eigenvalue weighted by Crippen LogP contribution is -2.43. The first-order valence-corrected chi connectivity index (χ1v) is 12.6. The van der Waals surface area contributed by atoms with Gasteiger partial charge in [-0.3, -0.25) is 9.78 Å². The number of hydrogen-bond donors (Lipinski definition) is 3. The summed E-state index contributed by atoms with van der Waals surface area (Å²) >= 11 is 5.77. The van der Waals surface area contributed by atoms with Gasteiger partial charge in [-0.25, -0.2) is 9.78 Å². The van der Waals surface area contributed by atoms with E-state index in [1.165, 1.54) is 5.56 Å². The number of halogens is 4. The number of carboxylic acid groups (broad SMARTS) is 1. The Morgan fingerprint density at radius 2 is 2.05 bits per heavy atom. The van der Waals surface area contributed by atoms with E-state index >= 15 is 0 Å². The number of amides is 1. The summed E-state index contributed by atoms with van der Waals surface area (Å²) in [5.74, 6) is -1.14. The molecule has 2 aromatic rings. The predicted molar refractivity (Wildman–Crippen MR) is 130 cm³/mol. The number of rotatable bonds is 10. The lowest BCUT2D eigenvalue weighted by Gasteiger charge is -2.35. The number of aromatic nitrogens is 2. The molecule has 2 aromatic heterocycles. The smallest absolute Gasteiger partial charge is 0.418 e. The Hall–Kier alpha value is -2.92. The number of carbonyl (C=O) groups is 2. The summed E-state index contributed by atoms with van der Waals surface area (Å²) in [4.78, 5) is 32.2. The molecule has 37 heavy (non-hydrogen) atoms. The number of aliphatic carboxylic acids is 1. The number of fused-ring (bicyclic) bond motifs is 1. The number of aryl methyl sites for hydroxylation is 2. The van der Waals surface area contributed by atoms with Gasteiger partial charge in [-0.1, -0.05) is 17.7 Å². The van der Waals surface area contributed by atoms with E-state index in [4.69, 9.17) is 21.3 Å². The average molecular weight is 541 g/mol. The monoisotopic (exact) mass is 540 g/mol. The van der Waals surface area contributed by atoms with E-state index in [9.17, 15) is 27.9 Å². The quantitative estimate of drug-likeness (QED) is 0.406. The van der Waals surface area contributed by atoms with Crippen LogP contribution < -0.4 is 10.6 Å². The Kier molecular flexibility index (Phi) is 8.53. The fraction of sp³-hybridized carbons (Fsp3) is 0.520. The van der Waals surface area contributed by atoms with Gasteiger partial charge in [0.25, 0.3) is 5.91 Å². The van der Waals surface area contributed by atoms with Gasteiger partial charge in [0.05, 0.1) is 22.3 Å².